The number of benzene rings is 2. The van der Waals surface area contributed by atoms with Gasteiger partial charge in [0, 0.05) is 23.8 Å². The molecule has 1 N–H and O–H groups in total. The van der Waals surface area contributed by atoms with Crippen molar-refractivity contribution in [3.63, 3.8) is 0 Å². The average Bonchev–Trinajstić information content (AvgIpc) is 3.10. The summed E-state index contributed by atoms with van der Waals surface area (Å²) in [5.41, 5.74) is 2.90. The zero-order chi connectivity index (χ0) is 17.6. The summed E-state index contributed by atoms with van der Waals surface area (Å²) in [6.07, 6.45) is 0.827. The first-order valence-corrected chi connectivity index (χ1v) is 9.00. The summed E-state index contributed by atoms with van der Waals surface area (Å²) in [5, 5.41) is 3.56. The highest BCUT2D eigenvalue weighted by atomic mass is 79.9. The second-order valence-corrected chi connectivity index (χ2v) is 7.19. The minimum atomic E-state index is -0.234. The molecule has 132 valence electrons. The van der Waals surface area contributed by atoms with Crippen molar-refractivity contribution in [1.82, 2.24) is 0 Å². The van der Waals surface area contributed by atoms with E-state index in [-0.39, 0.29) is 23.9 Å². The largest absolute Gasteiger partial charge is 0.493 e. The van der Waals surface area contributed by atoms with Crippen LogP contribution in [0.2, 0.25) is 0 Å². The molecule has 2 aliphatic rings. The topological polar surface area (TPSA) is 39.7 Å². The highest BCUT2D eigenvalue weighted by molar-refractivity contribution is 9.10. The van der Waals surface area contributed by atoms with Crippen molar-refractivity contribution in [2.45, 2.75) is 18.6 Å². The molecule has 0 saturated carbocycles. The monoisotopic (exact) mass is 407 g/mol. The Kier molecular flexibility index (Phi) is 4.33. The minimum absolute atomic E-state index is 0.0570. The van der Waals surface area contributed by atoms with Gasteiger partial charge in [-0.25, -0.2) is 4.39 Å². The third-order valence-electron chi connectivity index (χ3n) is 5.01. The molecule has 4 nitrogen and oxygen atoms in total. The van der Waals surface area contributed by atoms with E-state index in [4.69, 9.17) is 14.2 Å². The van der Waals surface area contributed by atoms with Crippen LogP contribution in [0.5, 0.6) is 11.5 Å². The maximum Gasteiger partial charge on any atom is 0.174 e. The van der Waals surface area contributed by atoms with E-state index in [1.165, 1.54) is 6.07 Å². The van der Waals surface area contributed by atoms with E-state index in [1.807, 2.05) is 12.1 Å². The molecule has 0 aliphatic carbocycles. The van der Waals surface area contributed by atoms with E-state index in [0.717, 1.165) is 27.7 Å². The summed E-state index contributed by atoms with van der Waals surface area (Å²) in [6.45, 7) is 0.678. The molecule has 1 unspecified atom stereocenters. The number of fused-ring (bicyclic) bond motifs is 3. The summed E-state index contributed by atoms with van der Waals surface area (Å²) in [7, 11) is 3.24. The van der Waals surface area contributed by atoms with Crippen LogP contribution in [0, 0.1) is 11.7 Å². The Morgan fingerprint density at radius 1 is 1.20 bits per heavy atom. The van der Waals surface area contributed by atoms with Crippen molar-refractivity contribution in [2.75, 3.05) is 26.1 Å². The van der Waals surface area contributed by atoms with Gasteiger partial charge in [-0.3, -0.25) is 0 Å². The smallest absolute Gasteiger partial charge is 0.174 e. The maximum absolute atomic E-state index is 13.7. The Hall–Kier alpha value is -1.79. The number of hydrogen-bond acceptors (Lipinski definition) is 4. The van der Waals surface area contributed by atoms with Crippen molar-refractivity contribution in [3.05, 3.63) is 51.7 Å². The molecule has 0 bridgehead atoms. The van der Waals surface area contributed by atoms with Crippen molar-refractivity contribution < 1.29 is 18.6 Å². The molecular formula is C19H19BrFNO3. The van der Waals surface area contributed by atoms with Crippen molar-refractivity contribution in [3.8, 4) is 11.5 Å². The molecule has 1 fully saturated rings. The average molecular weight is 408 g/mol. The third-order valence-corrected chi connectivity index (χ3v) is 5.60. The number of methoxy groups -OCH3 is 2. The first-order valence-electron chi connectivity index (χ1n) is 8.21. The lowest BCUT2D eigenvalue weighted by Crippen LogP contribution is -2.29. The fourth-order valence-corrected chi connectivity index (χ4v) is 4.51. The normalized spacial score (nSPS) is 24.2. The Labute approximate surface area is 154 Å². The number of ether oxygens (including phenoxy) is 3. The van der Waals surface area contributed by atoms with Gasteiger partial charge in [-0.15, -0.1) is 0 Å². The van der Waals surface area contributed by atoms with Gasteiger partial charge >= 0.3 is 0 Å². The first-order chi connectivity index (χ1) is 12.1. The second kappa shape index (κ2) is 6.50. The zero-order valence-electron chi connectivity index (χ0n) is 14.0. The van der Waals surface area contributed by atoms with Crippen LogP contribution in [0.1, 0.15) is 29.7 Å². The van der Waals surface area contributed by atoms with Crippen LogP contribution in [-0.4, -0.2) is 20.8 Å². The zero-order valence-corrected chi connectivity index (χ0v) is 15.6. The Morgan fingerprint density at radius 3 is 2.80 bits per heavy atom. The standard InChI is InChI=1S/C19H19BrFNO3/c1-23-16-8-10(7-14(20)19(16)24-2)17-12-5-6-25-18(12)13-9-11(21)3-4-15(13)22-17/h3-4,7-9,12,17-18,22H,5-6H2,1-2H3/t12-,17?,18-/m0/s1. The van der Waals surface area contributed by atoms with Crippen LogP contribution in [0.15, 0.2) is 34.8 Å². The first kappa shape index (κ1) is 16.7. The van der Waals surface area contributed by atoms with Gasteiger partial charge in [0.15, 0.2) is 11.5 Å². The van der Waals surface area contributed by atoms with Gasteiger partial charge in [0.2, 0.25) is 0 Å². The highest BCUT2D eigenvalue weighted by Crippen LogP contribution is 2.51. The number of nitrogens with one attached hydrogen (secondary N) is 1. The molecule has 0 amide bonds. The molecule has 4 rings (SSSR count). The lowest BCUT2D eigenvalue weighted by atomic mass is 9.81. The number of halogens is 2. The van der Waals surface area contributed by atoms with Gasteiger partial charge in [-0.2, -0.15) is 0 Å². The molecular weight excluding hydrogens is 389 g/mol. The fraction of sp³-hybridized carbons (Fsp3) is 0.368. The summed E-state index contributed by atoms with van der Waals surface area (Å²) < 4.78 is 31.4. The van der Waals surface area contributed by atoms with Gasteiger partial charge in [0.25, 0.3) is 0 Å². The molecule has 2 heterocycles. The van der Waals surface area contributed by atoms with Crippen LogP contribution in [-0.2, 0) is 4.74 Å². The number of hydrogen-bond donors (Lipinski definition) is 1. The SMILES string of the molecule is COc1cc(C2Nc3ccc(F)cc3[C@H]3OCC[C@@H]23)cc(Br)c1OC. The highest BCUT2D eigenvalue weighted by Gasteiger charge is 2.42. The molecule has 2 aromatic carbocycles. The Bertz CT molecular complexity index is 813. The molecule has 2 aromatic rings. The molecule has 0 spiro atoms. The van der Waals surface area contributed by atoms with Gasteiger partial charge in [-0.05, 0) is 58.2 Å². The summed E-state index contributed by atoms with van der Waals surface area (Å²) in [5.74, 6) is 1.35. The maximum atomic E-state index is 13.7. The molecule has 0 radical (unpaired) electrons. The van der Waals surface area contributed by atoms with Gasteiger partial charge in [0.1, 0.15) is 5.82 Å². The number of anilines is 1. The van der Waals surface area contributed by atoms with Crippen LogP contribution in [0.4, 0.5) is 10.1 Å². The molecule has 1 saturated heterocycles. The van der Waals surface area contributed by atoms with E-state index >= 15 is 0 Å². The summed E-state index contributed by atoms with van der Waals surface area (Å²) in [4.78, 5) is 0. The van der Waals surface area contributed by atoms with Gasteiger partial charge < -0.3 is 19.5 Å². The lowest BCUT2D eigenvalue weighted by Gasteiger charge is -2.36. The molecule has 2 aliphatic heterocycles. The van der Waals surface area contributed by atoms with Crippen LogP contribution >= 0.6 is 15.9 Å². The minimum Gasteiger partial charge on any atom is -0.493 e. The summed E-state index contributed by atoms with van der Waals surface area (Å²) in [6, 6.07) is 8.93. The Morgan fingerprint density at radius 2 is 2.04 bits per heavy atom. The molecule has 3 atom stereocenters. The predicted octanol–water partition coefficient (Wildman–Crippen LogP) is 4.85. The van der Waals surface area contributed by atoms with E-state index in [2.05, 4.69) is 21.2 Å². The second-order valence-electron chi connectivity index (χ2n) is 6.34. The van der Waals surface area contributed by atoms with Gasteiger partial charge in [-0.1, -0.05) is 0 Å². The van der Waals surface area contributed by atoms with Crippen molar-refractivity contribution in [1.29, 1.82) is 0 Å². The quantitative estimate of drug-likeness (QED) is 0.789. The molecule has 0 aromatic heterocycles. The fourth-order valence-electron chi connectivity index (χ4n) is 3.89. The lowest BCUT2D eigenvalue weighted by molar-refractivity contribution is 0.0826. The van der Waals surface area contributed by atoms with E-state index in [9.17, 15) is 4.39 Å². The van der Waals surface area contributed by atoms with Crippen LogP contribution in [0.3, 0.4) is 0 Å². The van der Waals surface area contributed by atoms with Crippen LogP contribution < -0.4 is 14.8 Å². The predicted molar refractivity (Wildman–Crippen MR) is 96.8 cm³/mol. The van der Waals surface area contributed by atoms with Crippen LogP contribution in [0.25, 0.3) is 0 Å². The third kappa shape index (κ3) is 2.77. The van der Waals surface area contributed by atoms with Crippen molar-refractivity contribution >= 4 is 21.6 Å². The molecule has 6 heteroatoms. The Balaban J connectivity index is 1.78. The molecule has 25 heavy (non-hydrogen) atoms. The van der Waals surface area contributed by atoms with Gasteiger partial charge in [0.05, 0.1) is 30.8 Å². The van der Waals surface area contributed by atoms with E-state index in [0.29, 0.717) is 18.1 Å². The van der Waals surface area contributed by atoms with E-state index < -0.39 is 0 Å². The van der Waals surface area contributed by atoms with E-state index in [1.54, 1.807) is 26.4 Å². The summed E-state index contributed by atoms with van der Waals surface area (Å²) >= 11 is 3.57. The van der Waals surface area contributed by atoms with Crippen molar-refractivity contribution in [2.24, 2.45) is 5.92 Å². The number of rotatable bonds is 3.